The van der Waals surface area contributed by atoms with Crippen molar-refractivity contribution in [1.29, 1.82) is 0 Å². The second-order valence-electron chi connectivity index (χ2n) is 11.3. The summed E-state index contributed by atoms with van der Waals surface area (Å²) in [4.78, 5) is 5.05. The minimum Gasteiger partial charge on any atom is -0.248 e. The van der Waals surface area contributed by atoms with Crippen molar-refractivity contribution >= 4 is 21.5 Å². The Labute approximate surface area is 257 Å². The monoisotopic (exact) mass is 559 g/mol. The van der Waals surface area contributed by atoms with Gasteiger partial charge in [-0.1, -0.05) is 140 Å². The third kappa shape index (κ3) is 5.06. The number of fused-ring (bicyclic) bond motifs is 2. The van der Waals surface area contributed by atoms with E-state index < -0.39 is 0 Å². The Hall–Kier alpha value is -5.79. The van der Waals surface area contributed by atoms with Gasteiger partial charge in [0.05, 0.1) is 11.4 Å². The van der Waals surface area contributed by atoms with Gasteiger partial charge in [0, 0.05) is 11.1 Å². The third-order valence-electron chi connectivity index (χ3n) is 8.42. The van der Waals surface area contributed by atoms with E-state index in [-0.39, 0.29) is 0 Å². The number of hydrogen-bond acceptors (Lipinski definition) is 1. The lowest BCUT2D eigenvalue weighted by atomic mass is 9.94. The summed E-state index contributed by atoms with van der Waals surface area (Å²) in [6.07, 6.45) is 0. The Morgan fingerprint density at radius 3 is 1.16 bits per heavy atom. The minimum absolute atomic E-state index is 0.976. The molecule has 0 radical (unpaired) electrons. The smallest absolute Gasteiger partial charge is 0.0715 e. The molecule has 0 aliphatic heterocycles. The van der Waals surface area contributed by atoms with Gasteiger partial charge in [0.25, 0.3) is 0 Å². The molecule has 8 aromatic rings. The van der Waals surface area contributed by atoms with Crippen molar-refractivity contribution in [2.45, 2.75) is 0 Å². The van der Waals surface area contributed by atoms with Crippen LogP contribution in [0, 0.1) is 0 Å². The first kappa shape index (κ1) is 25.9. The molecule has 0 atom stereocenters. The maximum Gasteiger partial charge on any atom is 0.0715 e. The average Bonchev–Trinajstić information content (AvgIpc) is 3.11. The number of aromatic nitrogens is 1. The molecule has 0 aliphatic rings. The number of nitrogens with zero attached hydrogens (tertiary/aromatic N) is 1. The van der Waals surface area contributed by atoms with Crippen LogP contribution in [0.5, 0.6) is 0 Å². The summed E-state index contributed by atoms with van der Waals surface area (Å²) in [5.41, 5.74) is 11.4. The molecule has 0 saturated heterocycles. The molecule has 0 saturated carbocycles. The molecular formula is C43H29N. The number of rotatable bonds is 5. The summed E-state index contributed by atoms with van der Waals surface area (Å²) in [5, 5.41) is 4.97. The summed E-state index contributed by atoms with van der Waals surface area (Å²) < 4.78 is 0. The van der Waals surface area contributed by atoms with E-state index in [0.717, 1.165) is 28.1 Å². The van der Waals surface area contributed by atoms with Gasteiger partial charge in [0.2, 0.25) is 0 Å². The van der Waals surface area contributed by atoms with Crippen LogP contribution in [0.1, 0.15) is 0 Å². The highest BCUT2D eigenvalue weighted by Gasteiger charge is 2.10. The Bertz CT molecular complexity index is 2210. The van der Waals surface area contributed by atoms with E-state index >= 15 is 0 Å². The fourth-order valence-electron chi connectivity index (χ4n) is 6.06. The van der Waals surface area contributed by atoms with Crippen LogP contribution >= 0.6 is 0 Å². The van der Waals surface area contributed by atoms with E-state index in [4.69, 9.17) is 4.98 Å². The van der Waals surface area contributed by atoms with Gasteiger partial charge in [0.1, 0.15) is 0 Å². The number of hydrogen-bond donors (Lipinski definition) is 0. The lowest BCUT2D eigenvalue weighted by molar-refractivity contribution is 1.32. The quantitative estimate of drug-likeness (QED) is 0.204. The van der Waals surface area contributed by atoms with Gasteiger partial charge in [-0.2, -0.15) is 0 Å². The number of pyridine rings is 1. The van der Waals surface area contributed by atoms with Crippen molar-refractivity contribution in [2.24, 2.45) is 0 Å². The maximum atomic E-state index is 5.05. The van der Waals surface area contributed by atoms with Crippen LogP contribution in [0.25, 0.3) is 77.4 Å². The third-order valence-corrected chi connectivity index (χ3v) is 8.42. The Balaban J connectivity index is 1.16. The van der Waals surface area contributed by atoms with Crippen LogP contribution in [0.3, 0.4) is 0 Å². The normalized spacial score (nSPS) is 11.2. The molecule has 0 unspecified atom stereocenters. The first-order valence-electron chi connectivity index (χ1n) is 15.0. The first-order chi connectivity index (χ1) is 21.8. The molecule has 1 nitrogen and oxygen atoms in total. The molecule has 7 aromatic carbocycles. The fourth-order valence-corrected chi connectivity index (χ4v) is 6.06. The molecular weight excluding hydrogens is 530 g/mol. The summed E-state index contributed by atoms with van der Waals surface area (Å²) in [6.45, 7) is 0. The lowest BCUT2D eigenvalue weighted by Crippen LogP contribution is -1.91. The molecule has 8 rings (SSSR count). The Morgan fingerprint density at radius 2 is 0.614 bits per heavy atom. The Morgan fingerprint density at radius 1 is 0.227 bits per heavy atom. The van der Waals surface area contributed by atoms with E-state index in [0.29, 0.717) is 0 Å². The molecule has 0 N–H and O–H groups in total. The van der Waals surface area contributed by atoms with Gasteiger partial charge in [-0.3, -0.25) is 0 Å². The molecule has 0 amide bonds. The lowest BCUT2D eigenvalue weighted by Gasteiger charge is -2.12. The van der Waals surface area contributed by atoms with Gasteiger partial charge in [-0.15, -0.1) is 0 Å². The van der Waals surface area contributed by atoms with Crippen molar-refractivity contribution in [3.8, 4) is 55.9 Å². The van der Waals surface area contributed by atoms with Gasteiger partial charge in [-0.25, -0.2) is 4.98 Å². The van der Waals surface area contributed by atoms with Crippen LogP contribution in [-0.4, -0.2) is 4.98 Å². The van der Waals surface area contributed by atoms with E-state index in [1.807, 2.05) is 12.1 Å². The zero-order chi connectivity index (χ0) is 29.3. The molecule has 0 bridgehead atoms. The van der Waals surface area contributed by atoms with Gasteiger partial charge in [0.15, 0.2) is 0 Å². The zero-order valence-corrected chi connectivity index (χ0v) is 24.2. The molecule has 0 spiro atoms. The highest BCUT2D eigenvalue weighted by Crippen LogP contribution is 2.34. The van der Waals surface area contributed by atoms with Crippen molar-refractivity contribution < 1.29 is 0 Å². The van der Waals surface area contributed by atoms with Crippen molar-refractivity contribution in [3.63, 3.8) is 0 Å². The van der Waals surface area contributed by atoms with E-state index in [9.17, 15) is 0 Å². The molecule has 0 fully saturated rings. The van der Waals surface area contributed by atoms with Crippen molar-refractivity contribution in [3.05, 3.63) is 176 Å². The predicted octanol–water partition coefficient (Wildman–Crippen LogP) is 11.7. The fraction of sp³-hybridized carbons (Fsp3) is 0. The van der Waals surface area contributed by atoms with Crippen LogP contribution in [-0.2, 0) is 0 Å². The second-order valence-corrected chi connectivity index (χ2v) is 11.3. The zero-order valence-electron chi connectivity index (χ0n) is 24.2. The molecule has 44 heavy (non-hydrogen) atoms. The molecule has 1 heteroatoms. The van der Waals surface area contributed by atoms with Crippen LogP contribution in [0.15, 0.2) is 176 Å². The standard InChI is InChI=1S/C43H29N/c1-3-11-31(12-4-1)42-28-41(29-43(44-42)32-13-5-2-6-14-32)40-23-22-38-26-37(20-21-39(38)27-40)35-17-9-16-34(25-35)36-19-18-30-10-7-8-15-33(30)24-36/h1-29H. The highest BCUT2D eigenvalue weighted by molar-refractivity contribution is 5.92. The van der Waals surface area contributed by atoms with E-state index in [2.05, 4.69) is 164 Å². The Kier molecular flexibility index (Phi) is 6.55. The van der Waals surface area contributed by atoms with Crippen molar-refractivity contribution in [1.82, 2.24) is 4.98 Å². The average molecular weight is 560 g/mol. The van der Waals surface area contributed by atoms with E-state index in [1.54, 1.807) is 0 Å². The van der Waals surface area contributed by atoms with E-state index in [1.165, 1.54) is 49.4 Å². The number of benzene rings is 7. The molecule has 0 aliphatic carbocycles. The SMILES string of the molecule is c1ccc(-c2cc(-c3ccc4cc(-c5cccc(-c6ccc7ccccc7c6)c5)ccc4c3)cc(-c3ccccc3)n2)cc1. The summed E-state index contributed by atoms with van der Waals surface area (Å²) >= 11 is 0. The summed E-state index contributed by atoms with van der Waals surface area (Å²) in [6, 6.07) is 62.9. The highest BCUT2D eigenvalue weighted by atomic mass is 14.7. The summed E-state index contributed by atoms with van der Waals surface area (Å²) in [7, 11) is 0. The minimum atomic E-state index is 0.976. The molecule has 1 heterocycles. The van der Waals surface area contributed by atoms with Gasteiger partial charge < -0.3 is 0 Å². The summed E-state index contributed by atoms with van der Waals surface area (Å²) in [5.74, 6) is 0. The second kappa shape index (κ2) is 11.1. The van der Waals surface area contributed by atoms with Gasteiger partial charge in [-0.05, 0) is 91.3 Å². The largest absolute Gasteiger partial charge is 0.248 e. The van der Waals surface area contributed by atoms with Crippen LogP contribution in [0.4, 0.5) is 0 Å². The van der Waals surface area contributed by atoms with Gasteiger partial charge >= 0.3 is 0 Å². The maximum absolute atomic E-state index is 5.05. The van der Waals surface area contributed by atoms with Crippen LogP contribution < -0.4 is 0 Å². The predicted molar refractivity (Wildman–Crippen MR) is 186 cm³/mol. The molecule has 206 valence electrons. The van der Waals surface area contributed by atoms with Crippen molar-refractivity contribution in [2.75, 3.05) is 0 Å². The first-order valence-corrected chi connectivity index (χ1v) is 15.0. The van der Waals surface area contributed by atoms with Crippen LogP contribution in [0.2, 0.25) is 0 Å². The topological polar surface area (TPSA) is 12.9 Å². The molecule has 1 aromatic heterocycles.